The second-order valence-corrected chi connectivity index (χ2v) is 9.46. The lowest BCUT2D eigenvalue weighted by Gasteiger charge is -2.19. The molecule has 8 nitrogen and oxygen atoms in total. The molecule has 0 spiro atoms. The number of aliphatic hydroxyl groups is 1. The van der Waals surface area contributed by atoms with Crippen LogP contribution >= 0.6 is 0 Å². The van der Waals surface area contributed by atoms with E-state index in [0.29, 0.717) is 28.6 Å². The Kier molecular flexibility index (Phi) is 5.59. The van der Waals surface area contributed by atoms with E-state index in [9.17, 15) is 13.5 Å². The molecule has 1 atom stereocenters. The molecule has 0 saturated heterocycles. The van der Waals surface area contributed by atoms with Gasteiger partial charge < -0.3 is 15.7 Å². The monoisotopic (exact) mass is 435 g/mol. The molecule has 158 valence electrons. The SMILES string of the molecule is CS(=O)(=O)c1ccccc1Nc1cc(Nc2cccc(C#N)n2)ncc1C(O)C1CC1. The number of aromatic nitrogens is 2. The van der Waals surface area contributed by atoms with E-state index < -0.39 is 15.9 Å². The lowest BCUT2D eigenvalue weighted by Crippen LogP contribution is -2.09. The van der Waals surface area contributed by atoms with Crippen LogP contribution < -0.4 is 10.6 Å². The average Bonchev–Trinajstić information content (AvgIpc) is 3.59. The van der Waals surface area contributed by atoms with Gasteiger partial charge in [-0.15, -0.1) is 0 Å². The molecule has 1 saturated carbocycles. The van der Waals surface area contributed by atoms with Gasteiger partial charge in [0.05, 0.1) is 16.7 Å². The summed E-state index contributed by atoms with van der Waals surface area (Å²) in [4.78, 5) is 8.73. The molecule has 1 aromatic carbocycles. The molecule has 0 bridgehead atoms. The first-order chi connectivity index (χ1) is 14.8. The smallest absolute Gasteiger partial charge is 0.177 e. The number of nitriles is 1. The number of aliphatic hydroxyl groups excluding tert-OH is 1. The van der Waals surface area contributed by atoms with Crippen LogP contribution in [-0.2, 0) is 9.84 Å². The van der Waals surface area contributed by atoms with Gasteiger partial charge in [-0.3, -0.25) is 0 Å². The summed E-state index contributed by atoms with van der Waals surface area (Å²) < 4.78 is 24.4. The van der Waals surface area contributed by atoms with Crippen molar-refractivity contribution in [1.82, 2.24) is 9.97 Å². The van der Waals surface area contributed by atoms with Crippen molar-refractivity contribution in [2.24, 2.45) is 5.92 Å². The van der Waals surface area contributed by atoms with Crippen molar-refractivity contribution in [1.29, 1.82) is 5.26 Å². The summed E-state index contributed by atoms with van der Waals surface area (Å²) in [6.45, 7) is 0. The summed E-state index contributed by atoms with van der Waals surface area (Å²) in [7, 11) is -3.45. The van der Waals surface area contributed by atoms with Crippen molar-refractivity contribution in [2.75, 3.05) is 16.9 Å². The number of nitrogens with zero attached hydrogens (tertiary/aromatic N) is 3. The van der Waals surface area contributed by atoms with Crippen LogP contribution in [-0.4, -0.2) is 29.7 Å². The van der Waals surface area contributed by atoms with Crippen LogP contribution in [0.4, 0.5) is 23.0 Å². The summed E-state index contributed by atoms with van der Waals surface area (Å²) >= 11 is 0. The maximum atomic E-state index is 12.2. The van der Waals surface area contributed by atoms with E-state index in [1.807, 2.05) is 6.07 Å². The molecular weight excluding hydrogens is 414 g/mol. The fourth-order valence-corrected chi connectivity index (χ4v) is 4.12. The maximum Gasteiger partial charge on any atom is 0.177 e. The molecule has 0 amide bonds. The van der Waals surface area contributed by atoms with Crippen molar-refractivity contribution in [3.8, 4) is 6.07 Å². The minimum absolute atomic E-state index is 0.163. The Bertz CT molecular complexity index is 1270. The second kappa shape index (κ2) is 8.34. The van der Waals surface area contributed by atoms with Gasteiger partial charge in [0.15, 0.2) is 9.84 Å². The number of nitrogens with one attached hydrogen (secondary N) is 2. The van der Waals surface area contributed by atoms with Crippen molar-refractivity contribution < 1.29 is 13.5 Å². The molecule has 3 aromatic rings. The largest absolute Gasteiger partial charge is 0.388 e. The highest BCUT2D eigenvalue weighted by atomic mass is 32.2. The van der Waals surface area contributed by atoms with Crippen LogP contribution in [0.2, 0.25) is 0 Å². The molecular formula is C22H21N5O3S. The molecule has 0 aliphatic heterocycles. The van der Waals surface area contributed by atoms with Gasteiger partial charge in [0.1, 0.15) is 23.4 Å². The predicted molar refractivity (Wildman–Crippen MR) is 117 cm³/mol. The minimum atomic E-state index is -3.45. The van der Waals surface area contributed by atoms with E-state index in [4.69, 9.17) is 5.26 Å². The second-order valence-electron chi connectivity index (χ2n) is 7.48. The number of anilines is 4. The molecule has 0 radical (unpaired) electrons. The Morgan fingerprint density at radius 2 is 1.87 bits per heavy atom. The maximum absolute atomic E-state index is 12.2. The number of hydrogen-bond acceptors (Lipinski definition) is 8. The van der Waals surface area contributed by atoms with E-state index in [1.54, 1.807) is 48.7 Å². The Balaban J connectivity index is 1.72. The van der Waals surface area contributed by atoms with Gasteiger partial charge in [-0.1, -0.05) is 18.2 Å². The third-order valence-electron chi connectivity index (χ3n) is 5.00. The highest BCUT2D eigenvalue weighted by Crippen LogP contribution is 2.43. The van der Waals surface area contributed by atoms with Crippen molar-refractivity contribution in [2.45, 2.75) is 23.8 Å². The molecule has 2 aromatic heterocycles. The molecule has 3 N–H and O–H groups in total. The fraction of sp³-hybridized carbons (Fsp3) is 0.227. The number of rotatable bonds is 7. The van der Waals surface area contributed by atoms with Gasteiger partial charge in [-0.05, 0) is 43.0 Å². The first-order valence-corrected chi connectivity index (χ1v) is 11.6. The zero-order valence-electron chi connectivity index (χ0n) is 16.8. The third-order valence-corrected chi connectivity index (χ3v) is 6.15. The zero-order valence-corrected chi connectivity index (χ0v) is 17.6. The topological polar surface area (TPSA) is 128 Å². The van der Waals surface area contributed by atoms with E-state index >= 15 is 0 Å². The lowest BCUT2D eigenvalue weighted by molar-refractivity contribution is 0.154. The van der Waals surface area contributed by atoms with Crippen molar-refractivity contribution in [3.63, 3.8) is 0 Å². The van der Waals surface area contributed by atoms with E-state index in [0.717, 1.165) is 19.1 Å². The molecule has 1 aliphatic rings. The molecule has 1 aliphatic carbocycles. The van der Waals surface area contributed by atoms with Crippen molar-refractivity contribution in [3.05, 3.63) is 66.0 Å². The highest BCUT2D eigenvalue weighted by Gasteiger charge is 2.32. The number of para-hydroxylation sites is 1. The van der Waals surface area contributed by atoms with Gasteiger partial charge in [-0.2, -0.15) is 5.26 Å². The summed E-state index contributed by atoms with van der Waals surface area (Å²) in [6, 6.07) is 15.3. The summed E-state index contributed by atoms with van der Waals surface area (Å²) in [5, 5.41) is 26.0. The van der Waals surface area contributed by atoms with Crippen LogP contribution in [0.15, 0.2) is 59.6 Å². The van der Waals surface area contributed by atoms with E-state index in [2.05, 4.69) is 20.6 Å². The summed E-state index contributed by atoms with van der Waals surface area (Å²) in [5.74, 6) is 1.05. The summed E-state index contributed by atoms with van der Waals surface area (Å²) in [6.07, 6.45) is 3.90. The first kappa shape index (κ1) is 20.8. The summed E-state index contributed by atoms with van der Waals surface area (Å²) in [5.41, 5.74) is 1.82. The predicted octanol–water partition coefficient (Wildman–Crippen LogP) is 3.68. The number of hydrogen-bond donors (Lipinski definition) is 3. The van der Waals surface area contributed by atoms with Gasteiger partial charge in [0, 0.05) is 29.8 Å². The Hall–Kier alpha value is -3.48. The van der Waals surface area contributed by atoms with Gasteiger partial charge in [0.2, 0.25) is 0 Å². The van der Waals surface area contributed by atoms with Crippen LogP contribution in [0.25, 0.3) is 0 Å². The van der Waals surface area contributed by atoms with Crippen molar-refractivity contribution >= 4 is 32.8 Å². The highest BCUT2D eigenvalue weighted by molar-refractivity contribution is 7.90. The first-order valence-electron chi connectivity index (χ1n) is 9.73. The van der Waals surface area contributed by atoms with Crippen LogP contribution in [0.1, 0.15) is 30.2 Å². The Morgan fingerprint density at radius 1 is 1.10 bits per heavy atom. The minimum Gasteiger partial charge on any atom is -0.388 e. The average molecular weight is 436 g/mol. The zero-order chi connectivity index (χ0) is 22.0. The Morgan fingerprint density at radius 3 is 2.58 bits per heavy atom. The van der Waals surface area contributed by atoms with Gasteiger partial charge >= 0.3 is 0 Å². The normalized spacial score (nSPS) is 14.5. The van der Waals surface area contributed by atoms with Crippen LogP contribution in [0.5, 0.6) is 0 Å². The van der Waals surface area contributed by atoms with Crippen LogP contribution in [0.3, 0.4) is 0 Å². The van der Waals surface area contributed by atoms with E-state index in [1.165, 1.54) is 6.07 Å². The molecule has 1 fully saturated rings. The standard InChI is InChI=1S/C22H21N5O3S/c1-31(29,30)19-7-3-2-6-17(19)26-18-11-21(24-13-16(18)22(28)14-9-10-14)27-20-8-4-5-15(12-23)25-20/h2-8,11,13-14,22,28H,9-10H2,1H3,(H2,24,25,26,27). The number of sulfone groups is 1. The lowest BCUT2D eigenvalue weighted by atomic mass is 10.1. The molecule has 31 heavy (non-hydrogen) atoms. The molecule has 1 unspecified atom stereocenters. The third kappa shape index (κ3) is 4.82. The van der Waals surface area contributed by atoms with Crippen LogP contribution in [0, 0.1) is 17.2 Å². The quantitative estimate of drug-likeness (QED) is 0.513. The molecule has 9 heteroatoms. The van der Waals surface area contributed by atoms with Gasteiger partial charge in [-0.25, -0.2) is 18.4 Å². The molecule has 4 rings (SSSR count). The van der Waals surface area contributed by atoms with E-state index in [-0.39, 0.29) is 16.5 Å². The fourth-order valence-electron chi connectivity index (χ4n) is 3.28. The number of pyridine rings is 2. The molecule has 2 heterocycles. The van der Waals surface area contributed by atoms with Gasteiger partial charge in [0.25, 0.3) is 0 Å². The Labute approximate surface area is 180 Å². The number of benzene rings is 1.